The lowest BCUT2D eigenvalue weighted by Crippen LogP contribution is -2.11. The molecule has 0 aliphatic carbocycles. The Kier molecular flexibility index (Phi) is 5.29. The van der Waals surface area contributed by atoms with Crippen LogP contribution in [0.15, 0.2) is 48.7 Å². The topological polar surface area (TPSA) is 85.1 Å². The summed E-state index contributed by atoms with van der Waals surface area (Å²) in [5.41, 5.74) is 2.20. The Labute approximate surface area is 158 Å². The minimum Gasteiger partial charge on any atom is -0.298 e. The maximum absolute atomic E-state index is 12.3. The normalized spacial score (nSPS) is 10.5. The average molecular weight is 388 g/mol. The quantitative estimate of drug-likeness (QED) is 0.500. The Morgan fingerprint density at radius 1 is 1.27 bits per heavy atom. The number of nitrogens with one attached hydrogen (secondary N) is 1. The molecular formula is C18H14ClN3O3S. The smallest absolute Gasteiger partial charge is 0.288 e. The van der Waals surface area contributed by atoms with E-state index in [-0.39, 0.29) is 16.3 Å². The van der Waals surface area contributed by atoms with Crippen molar-refractivity contribution in [1.82, 2.24) is 4.98 Å². The largest absolute Gasteiger partial charge is 0.298 e. The Balaban J connectivity index is 1.70. The number of hydrogen-bond acceptors (Lipinski definition) is 5. The molecule has 2 aromatic carbocycles. The van der Waals surface area contributed by atoms with Crippen LogP contribution in [-0.2, 0) is 6.42 Å². The van der Waals surface area contributed by atoms with E-state index in [0.717, 1.165) is 22.9 Å². The molecule has 0 fully saturated rings. The number of aryl methyl sites for hydroxylation is 1. The predicted octanol–water partition coefficient (Wildman–Crippen LogP) is 4.86. The summed E-state index contributed by atoms with van der Waals surface area (Å²) in [6.45, 7) is 2.03. The number of amides is 1. The number of aromatic nitrogens is 1. The molecule has 0 aliphatic rings. The number of nitro benzene ring substituents is 1. The second-order valence-corrected chi connectivity index (χ2v) is 7.19. The van der Waals surface area contributed by atoms with Gasteiger partial charge in [0.25, 0.3) is 11.6 Å². The van der Waals surface area contributed by atoms with Gasteiger partial charge in [-0.25, -0.2) is 4.98 Å². The second-order valence-electron chi connectivity index (χ2n) is 5.67. The molecule has 1 heterocycles. The number of anilines is 1. The summed E-state index contributed by atoms with van der Waals surface area (Å²) in [6, 6.07) is 12.1. The summed E-state index contributed by atoms with van der Waals surface area (Å²) >= 11 is 7.13. The highest BCUT2D eigenvalue weighted by molar-refractivity contribution is 7.15. The van der Waals surface area contributed by atoms with Crippen molar-refractivity contribution in [2.75, 3.05) is 5.32 Å². The number of rotatable bonds is 5. The molecule has 26 heavy (non-hydrogen) atoms. The van der Waals surface area contributed by atoms with E-state index >= 15 is 0 Å². The molecule has 0 aliphatic heterocycles. The number of halogens is 1. The van der Waals surface area contributed by atoms with E-state index in [1.54, 1.807) is 6.20 Å². The number of nitro groups is 1. The van der Waals surface area contributed by atoms with E-state index in [0.29, 0.717) is 5.13 Å². The first-order valence-corrected chi connectivity index (χ1v) is 8.87. The average Bonchev–Trinajstić information content (AvgIpc) is 3.04. The zero-order chi connectivity index (χ0) is 18.7. The number of carbonyl (C=O) groups excluding carboxylic acids is 1. The standard InChI is InChI=1S/C18H14ClN3O3S/c1-11-2-4-12(5-3-11)8-14-10-20-18(26-14)21-17(23)13-6-7-15(19)16(9-13)22(24)25/h2-7,9-10H,8H2,1H3,(H,20,21,23). The zero-order valence-corrected chi connectivity index (χ0v) is 15.3. The fraction of sp³-hybridized carbons (Fsp3) is 0.111. The van der Waals surface area contributed by atoms with Crippen LogP contribution in [-0.4, -0.2) is 15.8 Å². The van der Waals surface area contributed by atoms with Crippen molar-refractivity contribution >= 4 is 39.7 Å². The molecule has 1 N–H and O–H groups in total. The lowest BCUT2D eigenvalue weighted by atomic mass is 10.1. The molecule has 3 aromatic rings. The first-order chi connectivity index (χ1) is 12.4. The molecular weight excluding hydrogens is 374 g/mol. The molecule has 6 nitrogen and oxygen atoms in total. The molecule has 0 saturated heterocycles. The number of nitrogens with zero attached hydrogens (tertiary/aromatic N) is 2. The molecule has 0 spiro atoms. The molecule has 1 aromatic heterocycles. The van der Waals surface area contributed by atoms with Crippen molar-refractivity contribution in [3.8, 4) is 0 Å². The third-order valence-corrected chi connectivity index (χ3v) is 4.91. The fourth-order valence-corrected chi connectivity index (χ4v) is 3.35. The SMILES string of the molecule is Cc1ccc(Cc2cnc(NC(=O)c3ccc(Cl)c([N+](=O)[O-])c3)s2)cc1. The van der Waals surface area contributed by atoms with Gasteiger partial charge in [-0.15, -0.1) is 11.3 Å². The minimum absolute atomic E-state index is 0.0128. The van der Waals surface area contributed by atoms with Gasteiger partial charge in [0.15, 0.2) is 5.13 Å². The molecule has 3 rings (SSSR count). The summed E-state index contributed by atoms with van der Waals surface area (Å²) in [7, 11) is 0. The van der Waals surface area contributed by atoms with Gasteiger partial charge in [0.05, 0.1) is 4.92 Å². The lowest BCUT2D eigenvalue weighted by Gasteiger charge is -2.02. The number of hydrogen-bond donors (Lipinski definition) is 1. The monoisotopic (exact) mass is 387 g/mol. The number of carbonyl (C=O) groups is 1. The van der Waals surface area contributed by atoms with Crippen LogP contribution in [0.2, 0.25) is 5.02 Å². The first-order valence-electron chi connectivity index (χ1n) is 7.68. The summed E-state index contributed by atoms with van der Waals surface area (Å²) < 4.78 is 0. The molecule has 0 saturated carbocycles. The van der Waals surface area contributed by atoms with Crippen LogP contribution in [0.5, 0.6) is 0 Å². The van der Waals surface area contributed by atoms with Crippen molar-refractivity contribution in [3.63, 3.8) is 0 Å². The summed E-state index contributed by atoms with van der Waals surface area (Å²) in [5, 5.41) is 14.0. The van der Waals surface area contributed by atoms with Gasteiger partial charge >= 0.3 is 0 Å². The van der Waals surface area contributed by atoms with Crippen LogP contribution in [0.3, 0.4) is 0 Å². The molecule has 0 radical (unpaired) electrons. The van der Waals surface area contributed by atoms with Crippen molar-refractivity contribution < 1.29 is 9.72 Å². The van der Waals surface area contributed by atoms with E-state index < -0.39 is 10.8 Å². The van der Waals surface area contributed by atoms with Crippen LogP contribution < -0.4 is 5.32 Å². The highest BCUT2D eigenvalue weighted by Gasteiger charge is 2.17. The summed E-state index contributed by atoms with van der Waals surface area (Å²) in [6.07, 6.45) is 2.44. The maximum atomic E-state index is 12.3. The van der Waals surface area contributed by atoms with Gasteiger partial charge in [-0.1, -0.05) is 41.4 Å². The van der Waals surface area contributed by atoms with E-state index in [9.17, 15) is 14.9 Å². The fourth-order valence-electron chi connectivity index (χ4n) is 2.32. The van der Waals surface area contributed by atoms with Crippen LogP contribution in [0, 0.1) is 17.0 Å². The second kappa shape index (κ2) is 7.63. The van der Waals surface area contributed by atoms with Crippen LogP contribution in [0.4, 0.5) is 10.8 Å². The van der Waals surface area contributed by atoms with Gasteiger partial charge in [0, 0.05) is 29.1 Å². The molecule has 132 valence electrons. The predicted molar refractivity (Wildman–Crippen MR) is 102 cm³/mol. The Hall–Kier alpha value is -2.77. The molecule has 0 atom stereocenters. The number of benzene rings is 2. The van der Waals surface area contributed by atoms with Gasteiger partial charge in [0.1, 0.15) is 5.02 Å². The third-order valence-electron chi connectivity index (χ3n) is 3.68. The lowest BCUT2D eigenvalue weighted by molar-refractivity contribution is -0.384. The zero-order valence-electron chi connectivity index (χ0n) is 13.7. The van der Waals surface area contributed by atoms with Crippen molar-refractivity contribution in [1.29, 1.82) is 0 Å². The summed E-state index contributed by atoms with van der Waals surface area (Å²) in [4.78, 5) is 27.8. The van der Waals surface area contributed by atoms with E-state index in [1.807, 2.05) is 19.1 Å². The van der Waals surface area contributed by atoms with Gasteiger partial charge in [0.2, 0.25) is 0 Å². The van der Waals surface area contributed by atoms with Crippen LogP contribution in [0.1, 0.15) is 26.4 Å². The Morgan fingerprint density at radius 3 is 2.69 bits per heavy atom. The van der Waals surface area contributed by atoms with Crippen LogP contribution >= 0.6 is 22.9 Å². The Bertz CT molecular complexity index is 970. The first kappa shape index (κ1) is 18.0. The van der Waals surface area contributed by atoms with Gasteiger partial charge in [-0.3, -0.25) is 20.2 Å². The van der Waals surface area contributed by atoms with Crippen molar-refractivity contribution in [2.24, 2.45) is 0 Å². The molecule has 0 unspecified atom stereocenters. The highest BCUT2D eigenvalue weighted by Crippen LogP contribution is 2.26. The van der Waals surface area contributed by atoms with Crippen molar-refractivity contribution in [2.45, 2.75) is 13.3 Å². The van der Waals surface area contributed by atoms with E-state index in [2.05, 4.69) is 22.4 Å². The summed E-state index contributed by atoms with van der Waals surface area (Å²) in [5.74, 6) is -0.471. The van der Waals surface area contributed by atoms with E-state index in [1.165, 1.54) is 29.0 Å². The third kappa shape index (κ3) is 4.25. The number of thiazole rings is 1. The highest BCUT2D eigenvalue weighted by atomic mass is 35.5. The van der Waals surface area contributed by atoms with Gasteiger partial charge in [-0.2, -0.15) is 0 Å². The van der Waals surface area contributed by atoms with Crippen LogP contribution in [0.25, 0.3) is 0 Å². The molecule has 0 bridgehead atoms. The van der Waals surface area contributed by atoms with E-state index in [4.69, 9.17) is 11.6 Å². The Morgan fingerprint density at radius 2 is 2.00 bits per heavy atom. The van der Waals surface area contributed by atoms with Gasteiger partial charge < -0.3 is 0 Å². The van der Waals surface area contributed by atoms with Crippen molar-refractivity contribution in [3.05, 3.63) is 85.4 Å². The minimum atomic E-state index is -0.623. The molecule has 8 heteroatoms. The van der Waals surface area contributed by atoms with Gasteiger partial charge in [-0.05, 0) is 24.6 Å². The maximum Gasteiger partial charge on any atom is 0.288 e. The molecule has 1 amide bonds.